The Morgan fingerprint density at radius 2 is 1.89 bits per heavy atom. The number of nitrogens with zero attached hydrogens (tertiary/aromatic N) is 4. The minimum atomic E-state index is -1.03. The van der Waals surface area contributed by atoms with Gasteiger partial charge in [-0.1, -0.05) is 6.07 Å². The third kappa shape index (κ3) is 4.74. The van der Waals surface area contributed by atoms with E-state index in [1.54, 1.807) is 22.7 Å². The zero-order valence-electron chi connectivity index (χ0n) is 19.7. The number of thiophene rings is 1. The Morgan fingerprint density at radius 1 is 1.06 bits per heavy atom. The minimum absolute atomic E-state index is 0.191. The fraction of sp³-hybridized carbons (Fsp3) is 0.417. The Balaban J connectivity index is 1.55. The van der Waals surface area contributed by atoms with Crippen molar-refractivity contribution < 1.29 is 15.3 Å². The van der Waals surface area contributed by atoms with Gasteiger partial charge in [0.05, 0.1) is 40.3 Å². The lowest BCUT2D eigenvalue weighted by atomic mass is 10.1. The van der Waals surface area contributed by atoms with Gasteiger partial charge in [0.1, 0.15) is 22.4 Å². The van der Waals surface area contributed by atoms with Gasteiger partial charge >= 0.3 is 0 Å². The van der Waals surface area contributed by atoms with Crippen LogP contribution in [0.3, 0.4) is 0 Å². The zero-order chi connectivity index (χ0) is 24.7. The molecule has 9 nitrogen and oxygen atoms in total. The van der Waals surface area contributed by atoms with Crippen LogP contribution in [-0.2, 0) is 6.54 Å². The van der Waals surface area contributed by atoms with Gasteiger partial charge in [-0.15, -0.1) is 22.7 Å². The topological polar surface area (TPSA) is 136 Å². The van der Waals surface area contributed by atoms with Gasteiger partial charge in [0.15, 0.2) is 0 Å². The second kappa shape index (κ2) is 9.75. The smallest absolute Gasteiger partial charge is 0.225 e. The number of aromatic nitrogens is 4. The maximum atomic E-state index is 10.6. The Kier molecular flexibility index (Phi) is 6.69. The Bertz CT molecular complexity index is 1340. The maximum absolute atomic E-state index is 10.6. The van der Waals surface area contributed by atoms with Crippen LogP contribution in [0.25, 0.3) is 20.8 Å². The second-order valence-electron chi connectivity index (χ2n) is 8.91. The summed E-state index contributed by atoms with van der Waals surface area (Å²) in [6.07, 6.45) is -1.61. The molecule has 1 aliphatic carbocycles. The van der Waals surface area contributed by atoms with E-state index in [-0.39, 0.29) is 6.61 Å². The summed E-state index contributed by atoms with van der Waals surface area (Å²) in [5.41, 5.74) is 4.13. The number of aliphatic hydroxyl groups excluding tert-OH is 3. The van der Waals surface area contributed by atoms with E-state index in [4.69, 9.17) is 15.0 Å². The van der Waals surface area contributed by atoms with Gasteiger partial charge in [0.25, 0.3) is 0 Å². The van der Waals surface area contributed by atoms with Crippen molar-refractivity contribution >= 4 is 44.7 Å². The molecule has 0 aromatic carbocycles. The monoisotopic (exact) mass is 512 g/mol. The molecule has 0 amide bonds. The van der Waals surface area contributed by atoms with E-state index in [0.717, 1.165) is 42.7 Å². The van der Waals surface area contributed by atoms with Crippen LogP contribution in [-0.4, -0.2) is 60.1 Å². The molecule has 4 atom stereocenters. The van der Waals surface area contributed by atoms with Crippen LogP contribution in [0.1, 0.15) is 28.4 Å². The number of thiazole rings is 1. The summed E-state index contributed by atoms with van der Waals surface area (Å²) < 4.78 is 1.03. The molecule has 184 valence electrons. The van der Waals surface area contributed by atoms with Gasteiger partial charge in [0.2, 0.25) is 5.95 Å². The number of anilines is 2. The molecule has 1 aliphatic rings. The number of hydrogen-bond acceptors (Lipinski definition) is 11. The quantitative estimate of drug-likeness (QED) is 0.253. The van der Waals surface area contributed by atoms with E-state index in [1.807, 2.05) is 44.4 Å². The first-order chi connectivity index (χ1) is 16.8. The van der Waals surface area contributed by atoms with Crippen LogP contribution in [0, 0.1) is 26.7 Å². The standard InChI is InChI=1S/C24H28N6O3S2/c1-11-7-17-19(13(3)26-11)29-23(35-17)18-12(2)27-24(25-9-15-5-4-6-34-15)30-22(18)28-16-8-14(10-31)20(32)21(16)33/h4-7,14,16,20-21,31-33H,8-10H2,1-3H3,(H2,25,27,28,30)/t14-,16-,20-,21+/m1/s1. The molecule has 4 aromatic heterocycles. The fourth-order valence-electron chi connectivity index (χ4n) is 4.55. The molecule has 0 spiro atoms. The first-order valence-electron chi connectivity index (χ1n) is 11.5. The number of rotatable bonds is 7. The Hall–Kier alpha value is -2.70. The van der Waals surface area contributed by atoms with E-state index in [9.17, 15) is 15.3 Å². The molecule has 1 fully saturated rings. The average molecular weight is 513 g/mol. The molecule has 0 unspecified atom stereocenters. The third-order valence-electron chi connectivity index (χ3n) is 6.34. The fourth-order valence-corrected chi connectivity index (χ4v) is 6.41. The second-order valence-corrected chi connectivity index (χ2v) is 11.0. The van der Waals surface area contributed by atoms with Crippen LogP contribution >= 0.6 is 22.7 Å². The first kappa shape index (κ1) is 24.0. The molecule has 11 heteroatoms. The van der Waals surface area contributed by atoms with Gasteiger partial charge in [-0.25, -0.2) is 9.97 Å². The van der Waals surface area contributed by atoms with Gasteiger partial charge in [-0.3, -0.25) is 4.98 Å². The predicted molar refractivity (Wildman–Crippen MR) is 139 cm³/mol. The Labute approximate surface area is 211 Å². The zero-order valence-corrected chi connectivity index (χ0v) is 21.3. The third-order valence-corrected chi connectivity index (χ3v) is 8.24. The van der Waals surface area contributed by atoms with Crippen molar-refractivity contribution in [1.29, 1.82) is 0 Å². The van der Waals surface area contributed by atoms with E-state index in [2.05, 4.69) is 15.6 Å². The van der Waals surface area contributed by atoms with Crippen molar-refractivity contribution in [3.63, 3.8) is 0 Å². The molecule has 0 radical (unpaired) electrons. The van der Waals surface area contributed by atoms with Crippen molar-refractivity contribution in [3.8, 4) is 10.6 Å². The number of nitrogens with one attached hydrogen (secondary N) is 2. The summed E-state index contributed by atoms with van der Waals surface area (Å²) in [4.78, 5) is 20.0. The van der Waals surface area contributed by atoms with Crippen LogP contribution in [0.2, 0.25) is 0 Å². The highest BCUT2D eigenvalue weighted by Crippen LogP contribution is 2.38. The Morgan fingerprint density at radius 3 is 2.60 bits per heavy atom. The van der Waals surface area contributed by atoms with Crippen molar-refractivity contribution in [1.82, 2.24) is 19.9 Å². The molecule has 35 heavy (non-hydrogen) atoms. The van der Waals surface area contributed by atoms with Gasteiger partial charge < -0.3 is 26.0 Å². The molecule has 0 saturated heterocycles. The molecular weight excluding hydrogens is 484 g/mol. The number of pyridine rings is 1. The van der Waals surface area contributed by atoms with Crippen LogP contribution in [0.4, 0.5) is 11.8 Å². The van der Waals surface area contributed by atoms with E-state index in [1.165, 1.54) is 0 Å². The first-order valence-corrected chi connectivity index (χ1v) is 13.2. The molecule has 4 heterocycles. The number of aryl methyl sites for hydroxylation is 3. The lowest BCUT2D eigenvalue weighted by Gasteiger charge is -2.21. The molecular formula is C24H28N6O3S2. The van der Waals surface area contributed by atoms with E-state index < -0.39 is 24.2 Å². The van der Waals surface area contributed by atoms with Gasteiger partial charge in [-0.05, 0) is 44.7 Å². The highest BCUT2D eigenvalue weighted by Gasteiger charge is 2.41. The highest BCUT2D eigenvalue weighted by molar-refractivity contribution is 7.21. The normalized spacial score (nSPS) is 22.1. The largest absolute Gasteiger partial charge is 0.396 e. The van der Waals surface area contributed by atoms with Crippen molar-refractivity contribution in [2.45, 2.75) is 52.0 Å². The molecule has 5 rings (SSSR count). The van der Waals surface area contributed by atoms with Gasteiger partial charge in [-0.2, -0.15) is 4.98 Å². The molecule has 0 bridgehead atoms. The SMILES string of the molecule is Cc1cc2sc(-c3c(C)nc(NCc4cccs4)nc3N[C@@H]3C[C@H](CO)[C@@H](O)[C@H]3O)nc2c(C)n1. The summed E-state index contributed by atoms with van der Waals surface area (Å²) in [6.45, 7) is 6.23. The molecule has 0 aliphatic heterocycles. The number of fused-ring (bicyclic) bond motifs is 1. The van der Waals surface area contributed by atoms with Crippen molar-refractivity contribution in [2.24, 2.45) is 5.92 Å². The van der Waals surface area contributed by atoms with Crippen LogP contribution in [0.5, 0.6) is 0 Å². The minimum Gasteiger partial charge on any atom is -0.396 e. The van der Waals surface area contributed by atoms with Crippen LogP contribution in [0.15, 0.2) is 23.6 Å². The van der Waals surface area contributed by atoms with Gasteiger partial charge in [0, 0.05) is 23.1 Å². The summed E-state index contributed by atoms with van der Waals surface area (Å²) in [7, 11) is 0. The highest BCUT2D eigenvalue weighted by atomic mass is 32.1. The number of hydrogen-bond donors (Lipinski definition) is 5. The predicted octanol–water partition coefficient (Wildman–Crippen LogP) is 3.26. The van der Waals surface area contributed by atoms with E-state index in [0.29, 0.717) is 24.7 Å². The average Bonchev–Trinajstić information content (AvgIpc) is 3.54. The molecule has 4 aromatic rings. The van der Waals surface area contributed by atoms with E-state index >= 15 is 0 Å². The molecule has 5 N–H and O–H groups in total. The van der Waals surface area contributed by atoms with Crippen molar-refractivity contribution in [2.75, 3.05) is 17.2 Å². The maximum Gasteiger partial charge on any atom is 0.225 e. The summed E-state index contributed by atoms with van der Waals surface area (Å²) >= 11 is 3.20. The number of aliphatic hydroxyl groups is 3. The lowest BCUT2D eigenvalue weighted by molar-refractivity contribution is 0.00446. The molecule has 1 saturated carbocycles. The summed E-state index contributed by atoms with van der Waals surface area (Å²) in [6, 6.07) is 5.59. The van der Waals surface area contributed by atoms with Crippen molar-refractivity contribution in [3.05, 3.63) is 45.5 Å². The lowest BCUT2D eigenvalue weighted by Crippen LogP contribution is -2.35. The summed E-state index contributed by atoms with van der Waals surface area (Å²) in [5, 5.41) is 40.0. The van der Waals surface area contributed by atoms with Crippen LogP contribution < -0.4 is 10.6 Å². The summed E-state index contributed by atoms with van der Waals surface area (Å²) in [5.74, 6) is 0.593.